The normalized spacial score (nSPS) is 15.6. The number of benzene rings is 1. The lowest BCUT2D eigenvalue weighted by Crippen LogP contribution is -2.34. The lowest BCUT2D eigenvalue weighted by molar-refractivity contribution is -0.129. The summed E-state index contributed by atoms with van der Waals surface area (Å²) in [4.78, 5) is 14.9. The lowest BCUT2D eigenvalue weighted by atomic mass is 9.94. The maximum atomic E-state index is 10.8. The van der Waals surface area contributed by atoms with Crippen molar-refractivity contribution in [2.75, 3.05) is 0 Å². The van der Waals surface area contributed by atoms with E-state index < -0.39 is 0 Å². The van der Waals surface area contributed by atoms with Crippen LogP contribution in [0.5, 0.6) is 6.01 Å². The van der Waals surface area contributed by atoms with E-state index >= 15 is 0 Å². The van der Waals surface area contributed by atoms with Crippen LogP contribution in [-0.2, 0) is 4.79 Å². The first-order chi connectivity index (χ1) is 8.31. The number of carbonyl (C=O) groups excluding carboxylic acids is 1. The summed E-state index contributed by atoms with van der Waals surface area (Å²) in [5.74, 6) is 0.234. The molecular formula is C12H11N3O2. The van der Waals surface area contributed by atoms with E-state index in [2.05, 4.69) is 10.1 Å². The van der Waals surface area contributed by atoms with Crippen LogP contribution < -0.4 is 4.74 Å². The second-order valence-corrected chi connectivity index (χ2v) is 3.99. The maximum Gasteiger partial charge on any atom is 0.336 e. The van der Waals surface area contributed by atoms with Crippen LogP contribution in [0.4, 0.5) is 0 Å². The molecule has 1 saturated carbocycles. The monoisotopic (exact) mass is 229 g/mol. The fourth-order valence-electron chi connectivity index (χ4n) is 1.69. The molecule has 0 atom stereocenters. The molecule has 0 saturated heterocycles. The molecule has 1 aromatic carbocycles. The van der Waals surface area contributed by atoms with Crippen molar-refractivity contribution in [2.45, 2.75) is 18.9 Å². The van der Waals surface area contributed by atoms with Gasteiger partial charge >= 0.3 is 6.01 Å². The Morgan fingerprint density at radius 1 is 1.24 bits per heavy atom. The average Bonchev–Trinajstić information content (AvgIpc) is 2.77. The molecular weight excluding hydrogens is 218 g/mol. The van der Waals surface area contributed by atoms with Gasteiger partial charge in [0, 0.05) is 12.8 Å². The van der Waals surface area contributed by atoms with Crippen molar-refractivity contribution in [1.29, 1.82) is 0 Å². The first-order valence-electron chi connectivity index (χ1n) is 5.47. The van der Waals surface area contributed by atoms with Gasteiger partial charge in [0.25, 0.3) is 0 Å². The van der Waals surface area contributed by atoms with E-state index in [0.29, 0.717) is 18.9 Å². The molecule has 0 radical (unpaired) electrons. The van der Waals surface area contributed by atoms with Crippen molar-refractivity contribution < 1.29 is 9.53 Å². The maximum absolute atomic E-state index is 10.8. The summed E-state index contributed by atoms with van der Waals surface area (Å²) in [6, 6.07) is 10.0. The summed E-state index contributed by atoms with van der Waals surface area (Å²) < 4.78 is 7.11. The summed E-state index contributed by atoms with van der Waals surface area (Å²) in [6.07, 6.45) is 2.50. The van der Waals surface area contributed by atoms with Gasteiger partial charge in [0.2, 0.25) is 0 Å². The zero-order chi connectivity index (χ0) is 11.7. The predicted octanol–water partition coefficient (Wildman–Crippen LogP) is 1.38. The van der Waals surface area contributed by atoms with Crippen LogP contribution in [0.25, 0.3) is 5.69 Å². The Labute approximate surface area is 98.0 Å². The summed E-state index contributed by atoms with van der Waals surface area (Å²) in [7, 11) is 0. The Bertz CT molecular complexity index is 528. The predicted molar refractivity (Wildman–Crippen MR) is 60.0 cm³/mol. The van der Waals surface area contributed by atoms with Crippen molar-refractivity contribution in [3.63, 3.8) is 0 Å². The molecule has 5 nitrogen and oxygen atoms in total. The van der Waals surface area contributed by atoms with E-state index in [9.17, 15) is 4.79 Å². The number of Topliss-reactive ketones (excluding diaryl/α,β-unsaturated/α-hetero) is 1. The highest BCUT2D eigenvalue weighted by molar-refractivity contribution is 5.85. The fourth-order valence-corrected chi connectivity index (χ4v) is 1.69. The second-order valence-electron chi connectivity index (χ2n) is 3.99. The molecule has 0 aliphatic heterocycles. The van der Waals surface area contributed by atoms with Crippen LogP contribution >= 0.6 is 0 Å². The molecule has 2 aromatic rings. The van der Waals surface area contributed by atoms with Gasteiger partial charge in [-0.05, 0) is 12.1 Å². The zero-order valence-electron chi connectivity index (χ0n) is 9.11. The minimum Gasteiger partial charge on any atom is -0.458 e. The van der Waals surface area contributed by atoms with Crippen LogP contribution in [0.2, 0.25) is 0 Å². The third-order valence-electron chi connectivity index (χ3n) is 2.67. The molecule has 0 bridgehead atoms. The van der Waals surface area contributed by atoms with Gasteiger partial charge in [-0.1, -0.05) is 18.2 Å². The van der Waals surface area contributed by atoms with Gasteiger partial charge in [-0.25, -0.2) is 4.68 Å². The smallest absolute Gasteiger partial charge is 0.336 e. The van der Waals surface area contributed by atoms with Crippen LogP contribution in [0.1, 0.15) is 12.8 Å². The van der Waals surface area contributed by atoms with Gasteiger partial charge < -0.3 is 4.74 Å². The Kier molecular flexibility index (Phi) is 2.36. The third-order valence-corrected chi connectivity index (χ3v) is 2.67. The van der Waals surface area contributed by atoms with Crippen LogP contribution in [0.15, 0.2) is 36.7 Å². The van der Waals surface area contributed by atoms with Crippen LogP contribution in [0.3, 0.4) is 0 Å². The molecule has 0 unspecified atom stereocenters. The number of carbonyl (C=O) groups is 1. The van der Waals surface area contributed by atoms with E-state index in [-0.39, 0.29) is 11.9 Å². The third kappa shape index (κ3) is 2.04. The van der Waals surface area contributed by atoms with Crippen LogP contribution in [0, 0.1) is 0 Å². The Balaban J connectivity index is 1.72. The number of ether oxygens (including phenoxy) is 1. The highest BCUT2D eigenvalue weighted by Crippen LogP contribution is 2.20. The summed E-state index contributed by atoms with van der Waals surface area (Å²) in [5.41, 5.74) is 0.930. The Morgan fingerprint density at radius 2 is 2.00 bits per heavy atom. The molecule has 0 amide bonds. The molecule has 0 N–H and O–H groups in total. The van der Waals surface area contributed by atoms with Crippen molar-refractivity contribution in [3.05, 3.63) is 36.7 Å². The van der Waals surface area contributed by atoms with Gasteiger partial charge in [0.05, 0.1) is 5.69 Å². The van der Waals surface area contributed by atoms with Crippen molar-refractivity contribution in [2.24, 2.45) is 0 Å². The van der Waals surface area contributed by atoms with Crippen molar-refractivity contribution >= 4 is 5.78 Å². The first kappa shape index (κ1) is 10.0. The van der Waals surface area contributed by atoms with E-state index in [0.717, 1.165) is 5.69 Å². The van der Waals surface area contributed by atoms with E-state index in [4.69, 9.17) is 4.74 Å². The van der Waals surface area contributed by atoms with E-state index in [1.165, 1.54) is 0 Å². The van der Waals surface area contributed by atoms with E-state index in [1.807, 2.05) is 30.3 Å². The molecule has 1 aromatic heterocycles. The number of rotatable bonds is 3. The molecule has 1 fully saturated rings. The number of aromatic nitrogens is 3. The largest absolute Gasteiger partial charge is 0.458 e. The number of hydrogen-bond donors (Lipinski definition) is 0. The fraction of sp³-hybridized carbons (Fsp3) is 0.250. The SMILES string of the molecule is O=C1CC(Oc2ncn(-c3ccccc3)n2)C1. The molecule has 0 spiro atoms. The minimum absolute atomic E-state index is 0.0471. The van der Waals surface area contributed by atoms with Crippen LogP contribution in [-0.4, -0.2) is 26.7 Å². The van der Waals surface area contributed by atoms with Gasteiger partial charge in [-0.2, -0.15) is 4.98 Å². The standard InChI is InChI=1S/C12H11N3O2/c16-10-6-11(7-10)17-12-13-8-15(14-12)9-4-2-1-3-5-9/h1-5,8,11H,6-7H2. The molecule has 1 aliphatic rings. The average molecular weight is 229 g/mol. The quantitative estimate of drug-likeness (QED) is 0.797. The lowest BCUT2D eigenvalue weighted by Gasteiger charge is -2.22. The van der Waals surface area contributed by atoms with Gasteiger partial charge in [0.1, 0.15) is 18.2 Å². The van der Waals surface area contributed by atoms with Crippen molar-refractivity contribution in [1.82, 2.24) is 14.8 Å². The summed E-state index contributed by atoms with van der Waals surface area (Å²) in [5, 5.41) is 4.20. The summed E-state index contributed by atoms with van der Waals surface area (Å²) >= 11 is 0. The number of para-hydroxylation sites is 1. The second kappa shape index (κ2) is 4.01. The number of hydrogen-bond acceptors (Lipinski definition) is 4. The topological polar surface area (TPSA) is 57.0 Å². The van der Waals surface area contributed by atoms with Gasteiger partial charge in [-0.15, -0.1) is 5.10 Å². The first-order valence-corrected chi connectivity index (χ1v) is 5.47. The van der Waals surface area contributed by atoms with E-state index in [1.54, 1.807) is 11.0 Å². The summed E-state index contributed by atoms with van der Waals surface area (Å²) in [6.45, 7) is 0. The zero-order valence-corrected chi connectivity index (χ0v) is 9.11. The van der Waals surface area contributed by atoms with Gasteiger partial charge in [-0.3, -0.25) is 4.79 Å². The Hall–Kier alpha value is -2.17. The number of ketones is 1. The van der Waals surface area contributed by atoms with Gasteiger partial charge in [0.15, 0.2) is 0 Å². The van der Waals surface area contributed by atoms with Crippen molar-refractivity contribution in [3.8, 4) is 11.7 Å². The highest BCUT2D eigenvalue weighted by Gasteiger charge is 2.29. The molecule has 3 rings (SSSR count). The number of nitrogens with zero attached hydrogens (tertiary/aromatic N) is 3. The minimum atomic E-state index is -0.0471. The molecule has 5 heteroatoms. The molecule has 1 heterocycles. The molecule has 86 valence electrons. The Morgan fingerprint density at radius 3 is 2.71 bits per heavy atom. The molecule has 1 aliphatic carbocycles. The molecule has 17 heavy (non-hydrogen) atoms. The highest BCUT2D eigenvalue weighted by atomic mass is 16.5.